The van der Waals surface area contributed by atoms with Crippen molar-refractivity contribution < 1.29 is 9.90 Å². The van der Waals surface area contributed by atoms with E-state index in [1.165, 1.54) is 0 Å². The molecule has 0 unspecified atom stereocenters. The molecule has 0 spiro atoms. The average Bonchev–Trinajstić information content (AvgIpc) is 1.82. The second kappa shape index (κ2) is 7.41. The third-order valence-electron chi connectivity index (χ3n) is 1.15. The summed E-state index contributed by atoms with van der Waals surface area (Å²) in [4.78, 5) is 10.3. The summed E-state index contributed by atoms with van der Waals surface area (Å²) in [5.74, 6) is 0. The van der Waals surface area contributed by atoms with E-state index in [0.717, 1.165) is 22.7 Å². The van der Waals surface area contributed by atoms with Crippen molar-refractivity contribution in [1.29, 1.82) is 0 Å². The van der Waals surface area contributed by atoms with Crippen LogP contribution >= 0.6 is 0 Å². The molecule has 0 rings (SSSR count). The average molecular weight is 171 g/mol. The van der Waals surface area contributed by atoms with Crippen molar-refractivity contribution in [1.82, 2.24) is 4.57 Å². The topological polar surface area (TPSA) is 40.5 Å². The van der Waals surface area contributed by atoms with Crippen LogP contribution in [0.1, 0.15) is 13.3 Å². The zero-order valence-electron chi connectivity index (χ0n) is 5.92. The molecule has 0 aromatic carbocycles. The molecule has 0 bridgehead atoms. The molecule has 0 aromatic rings. The predicted molar refractivity (Wildman–Crippen MR) is 50.7 cm³/mol. The normalized spacial score (nSPS) is 9.70. The fourth-order valence-corrected chi connectivity index (χ4v) is 3.32. The molecule has 1 amide bonds. The SMILES string of the molecule is CCCN([SiH2][SiH3])C(=O)O.[LiH]. The van der Waals surface area contributed by atoms with Crippen molar-refractivity contribution in [3.63, 3.8) is 0 Å². The molecule has 3 nitrogen and oxygen atoms in total. The number of nitrogens with zero attached hydrogens (tertiary/aromatic N) is 1. The van der Waals surface area contributed by atoms with Gasteiger partial charge in [-0.15, -0.1) is 0 Å². The molecule has 6 heteroatoms. The second-order valence-corrected chi connectivity index (χ2v) is 5.16. The number of rotatable bonds is 3. The Labute approximate surface area is 78.5 Å². The Morgan fingerprint density at radius 2 is 2.30 bits per heavy atom. The van der Waals surface area contributed by atoms with Crippen LogP contribution in [0.15, 0.2) is 0 Å². The molecule has 0 aliphatic carbocycles. The van der Waals surface area contributed by atoms with E-state index in [0.29, 0.717) is 0 Å². The molecular formula is C4H14LiNO2Si2. The Morgan fingerprint density at radius 3 is 2.40 bits per heavy atom. The molecule has 0 aliphatic heterocycles. The third kappa shape index (κ3) is 5.12. The molecule has 0 saturated carbocycles. The van der Waals surface area contributed by atoms with Crippen LogP contribution in [0.3, 0.4) is 0 Å². The fourth-order valence-electron chi connectivity index (χ4n) is 0.659. The Balaban J connectivity index is 0. The summed E-state index contributed by atoms with van der Waals surface area (Å²) in [6, 6.07) is 0. The van der Waals surface area contributed by atoms with Gasteiger partial charge in [0.2, 0.25) is 0 Å². The third-order valence-corrected chi connectivity index (χ3v) is 4.79. The van der Waals surface area contributed by atoms with E-state index in [1.807, 2.05) is 6.92 Å². The van der Waals surface area contributed by atoms with Crippen LogP contribution in [0, 0.1) is 0 Å². The predicted octanol–water partition coefficient (Wildman–Crippen LogP) is -1.91. The molecule has 0 saturated heterocycles. The van der Waals surface area contributed by atoms with E-state index < -0.39 is 6.09 Å². The van der Waals surface area contributed by atoms with Crippen molar-refractivity contribution in [2.45, 2.75) is 13.3 Å². The van der Waals surface area contributed by atoms with Crippen molar-refractivity contribution in [3.05, 3.63) is 0 Å². The van der Waals surface area contributed by atoms with Crippen molar-refractivity contribution in [2.75, 3.05) is 6.54 Å². The van der Waals surface area contributed by atoms with Crippen LogP contribution in [0.25, 0.3) is 0 Å². The van der Waals surface area contributed by atoms with E-state index in [-0.39, 0.29) is 28.1 Å². The molecule has 0 aromatic heterocycles. The van der Waals surface area contributed by atoms with E-state index >= 15 is 0 Å². The standard InChI is InChI=1S/C4H13NO2Si2.Li.H/c1-2-3-5(9-8)4(6)7;;/h2-3,9H2,1,8H3,(H,6,7);;. The van der Waals surface area contributed by atoms with Gasteiger partial charge >= 0.3 is 25.0 Å². The number of amides is 1. The summed E-state index contributed by atoms with van der Waals surface area (Å²) in [6.07, 6.45) is 0.222. The Hall–Kier alpha value is 0.301. The summed E-state index contributed by atoms with van der Waals surface area (Å²) in [5.41, 5.74) is 0. The summed E-state index contributed by atoms with van der Waals surface area (Å²) in [6.45, 7) is 2.74. The Morgan fingerprint density at radius 1 is 1.80 bits per heavy atom. The summed E-state index contributed by atoms with van der Waals surface area (Å²) >= 11 is 0. The van der Waals surface area contributed by atoms with Crippen molar-refractivity contribution in [2.24, 2.45) is 0 Å². The van der Waals surface area contributed by atoms with E-state index in [2.05, 4.69) is 0 Å². The second-order valence-electron chi connectivity index (χ2n) is 1.86. The van der Waals surface area contributed by atoms with Gasteiger partial charge in [-0.25, -0.2) is 4.79 Å². The molecule has 10 heavy (non-hydrogen) atoms. The summed E-state index contributed by atoms with van der Waals surface area (Å²) in [5, 5.41) is 8.49. The molecule has 0 aliphatic rings. The quantitative estimate of drug-likeness (QED) is 0.504. The van der Waals surface area contributed by atoms with Gasteiger partial charge in [0.1, 0.15) is 9.20 Å². The van der Waals surface area contributed by atoms with Gasteiger partial charge in [0.25, 0.3) is 0 Å². The van der Waals surface area contributed by atoms with Gasteiger partial charge in [-0.05, 0) is 6.42 Å². The molecule has 56 valence electrons. The summed E-state index contributed by atoms with van der Waals surface area (Å²) in [7, 11) is 0.710. The first kappa shape index (κ1) is 12.9. The summed E-state index contributed by atoms with van der Waals surface area (Å²) < 4.78 is 1.59. The first-order chi connectivity index (χ1) is 4.22. The van der Waals surface area contributed by atoms with E-state index in [4.69, 9.17) is 5.11 Å². The molecule has 0 fully saturated rings. The zero-order chi connectivity index (χ0) is 7.28. The Bertz CT molecular complexity index is 103. The first-order valence-corrected chi connectivity index (χ1v) is 9.49. The van der Waals surface area contributed by atoms with E-state index in [1.54, 1.807) is 4.57 Å². The molecular weight excluding hydrogens is 157 g/mol. The van der Waals surface area contributed by atoms with Gasteiger partial charge in [0, 0.05) is 16.3 Å². The fraction of sp³-hybridized carbons (Fsp3) is 0.750. The van der Waals surface area contributed by atoms with Gasteiger partial charge in [0.05, 0.1) is 0 Å². The molecule has 0 atom stereocenters. The minimum absolute atomic E-state index is 0. The minimum atomic E-state index is -0.724. The van der Waals surface area contributed by atoms with Gasteiger partial charge in [0.15, 0.2) is 0 Å². The van der Waals surface area contributed by atoms with Gasteiger partial charge in [-0.1, -0.05) is 6.92 Å². The number of hydrogen-bond acceptors (Lipinski definition) is 1. The molecule has 0 heterocycles. The van der Waals surface area contributed by atoms with Gasteiger partial charge < -0.3 is 9.67 Å². The monoisotopic (exact) mass is 171 g/mol. The van der Waals surface area contributed by atoms with Crippen LogP contribution in [-0.2, 0) is 0 Å². The maximum absolute atomic E-state index is 10.3. The molecule has 1 N–H and O–H groups in total. The van der Waals surface area contributed by atoms with Crippen LogP contribution in [0.2, 0.25) is 0 Å². The number of carboxylic acid groups (broad SMARTS) is 1. The van der Waals surface area contributed by atoms with Crippen molar-refractivity contribution >= 4 is 43.9 Å². The maximum atomic E-state index is 10.3. The van der Waals surface area contributed by atoms with Gasteiger partial charge in [-0.2, -0.15) is 0 Å². The van der Waals surface area contributed by atoms with Crippen LogP contribution < -0.4 is 0 Å². The van der Waals surface area contributed by atoms with Crippen molar-refractivity contribution in [3.8, 4) is 0 Å². The van der Waals surface area contributed by atoms with E-state index in [9.17, 15) is 4.79 Å². The number of carbonyl (C=O) groups is 1. The van der Waals surface area contributed by atoms with Crippen LogP contribution in [0.5, 0.6) is 0 Å². The number of hydrogen-bond donors (Lipinski definition) is 1. The zero-order valence-corrected chi connectivity index (χ0v) is 9.34. The van der Waals surface area contributed by atoms with Crippen LogP contribution in [-0.4, -0.2) is 60.1 Å². The molecule has 0 radical (unpaired) electrons. The van der Waals surface area contributed by atoms with Gasteiger partial charge in [-0.3, -0.25) is 0 Å². The first-order valence-electron chi connectivity index (χ1n) is 3.20. The Kier molecular flexibility index (Phi) is 9.58. The van der Waals surface area contributed by atoms with Crippen LogP contribution in [0.4, 0.5) is 4.79 Å².